The molecule has 1 amide bonds. The highest BCUT2D eigenvalue weighted by Crippen LogP contribution is 2.17. The van der Waals surface area contributed by atoms with Crippen molar-refractivity contribution in [2.45, 2.75) is 33.7 Å². The summed E-state index contributed by atoms with van der Waals surface area (Å²) >= 11 is 0. The molecule has 0 aliphatic heterocycles. The maximum atomic E-state index is 12.1. The molecule has 1 unspecified atom stereocenters. The Labute approximate surface area is 96.0 Å². The lowest BCUT2D eigenvalue weighted by atomic mass is 10.0. The second kappa shape index (κ2) is 4.55. The maximum absolute atomic E-state index is 12.1. The Balaban J connectivity index is 2.90. The van der Waals surface area contributed by atoms with Crippen molar-refractivity contribution in [3.8, 4) is 0 Å². The molecule has 16 heavy (non-hydrogen) atoms. The average molecular weight is 224 g/mol. The van der Waals surface area contributed by atoms with Crippen molar-refractivity contribution >= 4 is 11.6 Å². The third-order valence-corrected chi connectivity index (χ3v) is 3.09. The standard InChI is InChI=1S/C11H20N4O/c1-6(2)8(4)15(5)11(16)10-9(12)7(3)13-14-10/h6,8H,12H2,1-5H3,(H,13,14). The molecule has 1 heterocycles. The van der Waals surface area contributed by atoms with Crippen LogP contribution in [0.4, 0.5) is 5.69 Å². The van der Waals surface area contributed by atoms with E-state index in [1.54, 1.807) is 18.9 Å². The Hall–Kier alpha value is -1.52. The molecule has 0 aliphatic rings. The Morgan fingerprint density at radius 1 is 1.44 bits per heavy atom. The predicted molar refractivity (Wildman–Crippen MR) is 64.1 cm³/mol. The van der Waals surface area contributed by atoms with Crippen molar-refractivity contribution in [2.24, 2.45) is 5.92 Å². The minimum atomic E-state index is -0.136. The minimum Gasteiger partial charge on any atom is -0.395 e. The molecule has 90 valence electrons. The number of carbonyl (C=O) groups is 1. The molecule has 0 bridgehead atoms. The first-order chi connectivity index (χ1) is 7.36. The van der Waals surface area contributed by atoms with E-state index < -0.39 is 0 Å². The fourth-order valence-corrected chi connectivity index (χ4v) is 1.40. The summed E-state index contributed by atoms with van der Waals surface area (Å²) in [7, 11) is 1.77. The van der Waals surface area contributed by atoms with Crippen LogP contribution in [0.3, 0.4) is 0 Å². The zero-order chi connectivity index (χ0) is 12.5. The van der Waals surface area contributed by atoms with E-state index in [-0.39, 0.29) is 11.9 Å². The number of amides is 1. The van der Waals surface area contributed by atoms with Gasteiger partial charge >= 0.3 is 0 Å². The van der Waals surface area contributed by atoms with Crippen molar-refractivity contribution in [1.82, 2.24) is 15.1 Å². The van der Waals surface area contributed by atoms with Crippen molar-refractivity contribution in [1.29, 1.82) is 0 Å². The van der Waals surface area contributed by atoms with Crippen molar-refractivity contribution in [2.75, 3.05) is 12.8 Å². The van der Waals surface area contributed by atoms with Crippen LogP contribution in [0, 0.1) is 12.8 Å². The molecule has 3 N–H and O–H groups in total. The number of anilines is 1. The smallest absolute Gasteiger partial charge is 0.276 e. The molecular weight excluding hydrogens is 204 g/mol. The fraction of sp³-hybridized carbons (Fsp3) is 0.636. The number of aromatic nitrogens is 2. The molecule has 0 saturated heterocycles. The highest BCUT2D eigenvalue weighted by Gasteiger charge is 2.24. The van der Waals surface area contributed by atoms with Crippen LogP contribution >= 0.6 is 0 Å². The predicted octanol–water partition coefficient (Wildman–Crippen LogP) is 1.42. The van der Waals surface area contributed by atoms with E-state index in [1.807, 2.05) is 6.92 Å². The third-order valence-electron chi connectivity index (χ3n) is 3.09. The molecule has 0 spiro atoms. The summed E-state index contributed by atoms with van der Waals surface area (Å²) in [6.45, 7) is 7.96. The second-order valence-electron chi connectivity index (χ2n) is 4.51. The van der Waals surface area contributed by atoms with Gasteiger partial charge in [0.05, 0.1) is 11.4 Å². The monoisotopic (exact) mass is 224 g/mol. The van der Waals surface area contributed by atoms with Crippen LogP contribution in [0.2, 0.25) is 0 Å². The van der Waals surface area contributed by atoms with E-state index >= 15 is 0 Å². The molecule has 1 aromatic heterocycles. The number of nitrogens with two attached hydrogens (primary N) is 1. The van der Waals surface area contributed by atoms with E-state index in [0.717, 1.165) is 5.69 Å². The Bertz CT molecular complexity index is 383. The van der Waals surface area contributed by atoms with Gasteiger partial charge in [-0.3, -0.25) is 9.89 Å². The van der Waals surface area contributed by atoms with Gasteiger partial charge in [-0.05, 0) is 19.8 Å². The van der Waals surface area contributed by atoms with Gasteiger partial charge in [-0.15, -0.1) is 0 Å². The summed E-state index contributed by atoms with van der Waals surface area (Å²) in [4.78, 5) is 13.8. The number of hydrogen-bond donors (Lipinski definition) is 2. The minimum absolute atomic E-state index is 0.136. The average Bonchev–Trinajstić information content (AvgIpc) is 2.56. The van der Waals surface area contributed by atoms with Crippen molar-refractivity contribution in [3.63, 3.8) is 0 Å². The fourth-order valence-electron chi connectivity index (χ4n) is 1.40. The van der Waals surface area contributed by atoms with Crippen molar-refractivity contribution in [3.05, 3.63) is 11.4 Å². The van der Waals surface area contributed by atoms with Crippen molar-refractivity contribution < 1.29 is 4.79 Å². The Kier molecular flexibility index (Phi) is 3.57. The highest BCUT2D eigenvalue weighted by molar-refractivity contribution is 5.97. The molecule has 0 radical (unpaired) electrons. The van der Waals surface area contributed by atoms with Gasteiger partial charge in [0, 0.05) is 13.1 Å². The van der Waals surface area contributed by atoms with Crippen LogP contribution < -0.4 is 5.73 Å². The van der Waals surface area contributed by atoms with Gasteiger partial charge in [-0.2, -0.15) is 5.10 Å². The number of rotatable bonds is 3. The molecule has 0 saturated carbocycles. The number of nitrogens with one attached hydrogen (secondary N) is 1. The van der Waals surface area contributed by atoms with Crippen LogP contribution in [0.1, 0.15) is 37.0 Å². The molecule has 0 fully saturated rings. The number of carbonyl (C=O) groups excluding carboxylic acids is 1. The van der Waals surface area contributed by atoms with Gasteiger partial charge in [0.1, 0.15) is 0 Å². The summed E-state index contributed by atoms with van der Waals surface area (Å²) in [5, 5.41) is 6.66. The summed E-state index contributed by atoms with van der Waals surface area (Å²) in [6, 6.07) is 0.156. The molecule has 1 aromatic rings. The Morgan fingerprint density at radius 2 is 2.00 bits per heavy atom. The lowest BCUT2D eigenvalue weighted by molar-refractivity contribution is 0.0702. The quantitative estimate of drug-likeness (QED) is 0.815. The van der Waals surface area contributed by atoms with E-state index in [2.05, 4.69) is 24.0 Å². The first-order valence-electron chi connectivity index (χ1n) is 5.43. The lowest BCUT2D eigenvalue weighted by Gasteiger charge is -2.27. The largest absolute Gasteiger partial charge is 0.395 e. The van der Waals surface area contributed by atoms with Gasteiger partial charge in [0.2, 0.25) is 0 Å². The number of aromatic amines is 1. The van der Waals surface area contributed by atoms with Crippen LogP contribution in [-0.2, 0) is 0 Å². The molecule has 5 heteroatoms. The maximum Gasteiger partial charge on any atom is 0.276 e. The van der Waals surface area contributed by atoms with Crippen LogP contribution in [0.25, 0.3) is 0 Å². The number of nitrogen functional groups attached to an aromatic ring is 1. The Morgan fingerprint density at radius 3 is 2.38 bits per heavy atom. The number of aryl methyl sites for hydroxylation is 1. The molecule has 1 rings (SSSR count). The third kappa shape index (κ3) is 2.18. The lowest BCUT2D eigenvalue weighted by Crippen LogP contribution is -2.38. The number of H-pyrrole nitrogens is 1. The van der Waals surface area contributed by atoms with E-state index in [9.17, 15) is 4.79 Å². The van der Waals surface area contributed by atoms with E-state index in [1.165, 1.54) is 0 Å². The van der Waals surface area contributed by atoms with Gasteiger partial charge in [0.15, 0.2) is 5.69 Å². The molecule has 5 nitrogen and oxygen atoms in total. The number of nitrogens with zero attached hydrogens (tertiary/aromatic N) is 2. The molecular formula is C11H20N4O. The van der Waals surface area contributed by atoms with E-state index in [4.69, 9.17) is 5.73 Å². The van der Waals surface area contributed by atoms with Gasteiger partial charge in [0.25, 0.3) is 5.91 Å². The molecule has 1 atom stereocenters. The SMILES string of the molecule is Cc1[nH]nc(C(=O)N(C)C(C)C(C)C)c1N. The second-order valence-corrected chi connectivity index (χ2v) is 4.51. The molecule has 0 aromatic carbocycles. The first-order valence-corrected chi connectivity index (χ1v) is 5.43. The van der Waals surface area contributed by atoms with Crippen LogP contribution in [0.15, 0.2) is 0 Å². The topological polar surface area (TPSA) is 75.0 Å². The zero-order valence-electron chi connectivity index (χ0n) is 10.5. The normalized spacial score (nSPS) is 12.9. The van der Waals surface area contributed by atoms with Gasteiger partial charge < -0.3 is 10.6 Å². The van der Waals surface area contributed by atoms with Crippen LogP contribution in [0.5, 0.6) is 0 Å². The summed E-state index contributed by atoms with van der Waals surface area (Å²) in [5.74, 6) is 0.262. The summed E-state index contributed by atoms with van der Waals surface area (Å²) in [5.41, 5.74) is 7.26. The number of hydrogen-bond acceptors (Lipinski definition) is 3. The highest BCUT2D eigenvalue weighted by atomic mass is 16.2. The first kappa shape index (κ1) is 12.5. The molecule has 0 aliphatic carbocycles. The summed E-state index contributed by atoms with van der Waals surface area (Å²) < 4.78 is 0. The van der Waals surface area contributed by atoms with Gasteiger partial charge in [-0.25, -0.2) is 0 Å². The zero-order valence-corrected chi connectivity index (χ0v) is 10.5. The van der Waals surface area contributed by atoms with Crippen LogP contribution in [-0.4, -0.2) is 34.1 Å². The summed E-state index contributed by atoms with van der Waals surface area (Å²) in [6.07, 6.45) is 0. The van der Waals surface area contributed by atoms with E-state index in [0.29, 0.717) is 17.3 Å². The van der Waals surface area contributed by atoms with Gasteiger partial charge in [-0.1, -0.05) is 13.8 Å².